The zero-order chi connectivity index (χ0) is 13.9. The standard InChI is InChI=1S/C17H32.4CH4/c1-13(2,3)17(14(4,5)6)12-11-15(7,8)16(17,9)10;;;;/h11-12H,1-10H3;4*1H4. The molecule has 0 aromatic carbocycles. The first-order chi connectivity index (χ1) is 7.21. The van der Waals surface area contributed by atoms with Crippen LogP contribution in [0, 0.1) is 27.1 Å². The van der Waals surface area contributed by atoms with Crippen LogP contribution >= 0.6 is 0 Å². The topological polar surface area (TPSA) is 0 Å². The first kappa shape index (κ1) is 28.8. The van der Waals surface area contributed by atoms with Crippen molar-refractivity contribution in [2.24, 2.45) is 27.1 Å². The fraction of sp³-hybridized carbons (Fsp3) is 0.905. The van der Waals surface area contributed by atoms with Crippen molar-refractivity contribution >= 4 is 0 Å². The summed E-state index contributed by atoms with van der Waals surface area (Å²) >= 11 is 0. The largest absolute Gasteiger partial charge is 0.0817 e. The van der Waals surface area contributed by atoms with Gasteiger partial charge in [-0.05, 0) is 21.7 Å². The van der Waals surface area contributed by atoms with Crippen LogP contribution < -0.4 is 0 Å². The third-order valence-electron chi connectivity index (χ3n) is 5.71. The normalized spacial score (nSPS) is 21.2. The van der Waals surface area contributed by atoms with Crippen molar-refractivity contribution in [3.63, 3.8) is 0 Å². The average molecular weight is 301 g/mol. The Morgan fingerprint density at radius 2 is 0.857 bits per heavy atom. The molecule has 0 aliphatic heterocycles. The second-order valence-electron chi connectivity index (χ2n) is 8.99. The van der Waals surface area contributed by atoms with E-state index in [1.807, 2.05) is 0 Å². The number of rotatable bonds is 0. The Bertz CT molecular complexity index is 312. The van der Waals surface area contributed by atoms with Gasteiger partial charge in [-0.3, -0.25) is 0 Å². The summed E-state index contributed by atoms with van der Waals surface area (Å²) in [5.74, 6) is 0. The number of hydrogen-bond donors (Lipinski definition) is 0. The first-order valence-corrected chi connectivity index (χ1v) is 6.91. The van der Waals surface area contributed by atoms with Crippen molar-refractivity contribution in [2.45, 2.75) is 98.9 Å². The minimum atomic E-state index is 0. The second kappa shape index (κ2) is 6.88. The molecule has 0 nitrogen and oxygen atoms in total. The van der Waals surface area contributed by atoms with Gasteiger partial charge in [0.15, 0.2) is 0 Å². The van der Waals surface area contributed by atoms with Gasteiger partial charge in [-0.25, -0.2) is 0 Å². The van der Waals surface area contributed by atoms with Crippen molar-refractivity contribution in [1.82, 2.24) is 0 Å². The molecule has 21 heavy (non-hydrogen) atoms. The molecule has 0 aromatic rings. The molecule has 0 bridgehead atoms. The van der Waals surface area contributed by atoms with Crippen LogP contribution in [0.2, 0.25) is 0 Å². The molecule has 0 spiro atoms. The Hall–Kier alpha value is -0.260. The van der Waals surface area contributed by atoms with Crippen molar-refractivity contribution in [3.05, 3.63) is 12.2 Å². The van der Waals surface area contributed by atoms with Gasteiger partial charge in [0.1, 0.15) is 0 Å². The maximum absolute atomic E-state index is 2.52. The van der Waals surface area contributed by atoms with Gasteiger partial charge < -0.3 is 0 Å². The number of allylic oxidation sites excluding steroid dienone is 2. The molecule has 1 aliphatic carbocycles. The van der Waals surface area contributed by atoms with Crippen LogP contribution in [0.15, 0.2) is 12.2 Å². The van der Waals surface area contributed by atoms with Crippen LogP contribution in [0.5, 0.6) is 0 Å². The number of hydrogen-bond acceptors (Lipinski definition) is 0. The molecule has 0 saturated carbocycles. The average Bonchev–Trinajstić information content (AvgIpc) is 2.15. The molecule has 0 radical (unpaired) electrons. The minimum Gasteiger partial charge on any atom is -0.0817 e. The van der Waals surface area contributed by atoms with Gasteiger partial charge in [0.05, 0.1) is 0 Å². The summed E-state index contributed by atoms with van der Waals surface area (Å²) in [6, 6.07) is 0. The van der Waals surface area contributed by atoms with Crippen LogP contribution in [0.25, 0.3) is 0 Å². The van der Waals surface area contributed by atoms with Crippen LogP contribution in [-0.4, -0.2) is 0 Å². The molecule has 0 amide bonds. The molecule has 0 heterocycles. The zero-order valence-corrected chi connectivity index (χ0v) is 13.7. The fourth-order valence-corrected chi connectivity index (χ4v) is 4.76. The molecule has 0 saturated heterocycles. The Morgan fingerprint density at radius 3 is 0.952 bits per heavy atom. The van der Waals surface area contributed by atoms with E-state index in [0.29, 0.717) is 0 Å². The van der Waals surface area contributed by atoms with Gasteiger partial charge in [0, 0.05) is 5.41 Å². The Kier molecular flexibility index (Phi) is 9.45. The summed E-state index contributed by atoms with van der Waals surface area (Å²) in [5.41, 5.74) is 1.26. The minimum absolute atomic E-state index is 0. The highest BCUT2D eigenvalue weighted by molar-refractivity contribution is 5.29. The molecule has 0 unspecified atom stereocenters. The summed E-state index contributed by atoms with van der Waals surface area (Å²) in [7, 11) is 0. The zero-order valence-electron chi connectivity index (χ0n) is 13.7. The van der Waals surface area contributed by atoms with Crippen LogP contribution in [0.3, 0.4) is 0 Å². The Balaban J connectivity index is -0.000000361. The molecule has 0 atom stereocenters. The van der Waals surface area contributed by atoms with E-state index in [1.54, 1.807) is 0 Å². The highest BCUT2D eigenvalue weighted by atomic mass is 14.7. The van der Waals surface area contributed by atoms with Gasteiger partial charge in [-0.2, -0.15) is 0 Å². The summed E-state index contributed by atoms with van der Waals surface area (Å²) in [6.45, 7) is 24.0. The maximum atomic E-state index is 2.52. The second-order valence-corrected chi connectivity index (χ2v) is 8.99. The van der Waals surface area contributed by atoms with Crippen LogP contribution in [0.4, 0.5) is 0 Å². The lowest BCUT2D eigenvalue weighted by Crippen LogP contribution is -2.56. The lowest BCUT2D eigenvalue weighted by molar-refractivity contribution is -0.113. The molecule has 1 aliphatic rings. The maximum Gasteiger partial charge on any atom is 0.00380 e. The van der Waals surface area contributed by atoms with E-state index < -0.39 is 0 Å². The highest BCUT2D eigenvalue weighted by Crippen LogP contribution is 2.70. The molecule has 0 heteroatoms. The monoisotopic (exact) mass is 300 g/mol. The molecule has 132 valence electrons. The molecule has 0 fully saturated rings. The van der Waals surface area contributed by atoms with Crippen LogP contribution in [0.1, 0.15) is 98.9 Å². The van der Waals surface area contributed by atoms with Crippen LogP contribution in [-0.2, 0) is 0 Å². The molecular formula is C21H48. The fourth-order valence-electron chi connectivity index (χ4n) is 4.76. The lowest BCUT2D eigenvalue weighted by atomic mass is 9.42. The summed E-state index contributed by atoms with van der Waals surface area (Å²) in [5, 5.41) is 0. The SMILES string of the molecule is C.C.C.C.CC(C)(C)C1(C(C)(C)C)C=CC(C)(C)C1(C)C. The molecule has 0 aromatic heterocycles. The van der Waals surface area contributed by atoms with E-state index >= 15 is 0 Å². The molecule has 1 rings (SSSR count). The van der Waals surface area contributed by atoms with Crippen molar-refractivity contribution < 1.29 is 0 Å². The van der Waals surface area contributed by atoms with Gasteiger partial charge >= 0.3 is 0 Å². The van der Waals surface area contributed by atoms with Crippen molar-refractivity contribution in [2.75, 3.05) is 0 Å². The quantitative estimate of drug-likeness (QED) is 0.395. The van der Waals surface area contributed by atoms with E-state index in [9.17, 15) is 0 Å². The lowest BCUT2D eigenvalue weighted by Gasteiger charge is -2.61. The van der Waals surface area contributed by atoms with Gasteiger partial charge in [-0.15, -0.1) is 0 Å². The van der Waals surface area contributed by atoms with E-state index in [1.165, 1.54) is 0 Å². The van der Waals surface area contributed by atoms with Gasteiger partial charge in [0.2, 0.25) is 0 Å². The predicted octanol–water partition coefficient (Wildman–Crippen LogP) is 8.23. The third kappa shape index (κ3) is 3.40. The smallest absolute Gasteiger partial charge is 0.00380 e. The Labute approximate surface area is 138 Å². The Morgan fingerprint density at radius 1 is 0.571 bits per heavy atom. The van der Waals surface area contributed by atoms with E-state index in [2.05, 4.69) is 81.4 Å². The highest BCUT2D eigenvalue weighted by Gasteiger charge is 2.64. The van der Waals surface area contributed by atoms with Gasteiger partial charge in [-0.1, -0.05) is 111 Å². The first-order valence-electron chi connectivity index (χ1n) is 6.91. The van der Waals surface area contributed by atoms with E-state index in [4.69, 9.17) is 0 Å². The predicted molar refractivity (Wildman–Crippen MR) is 105 cm³/mol. The molecular weight excluding hydrogens is 252 g/mol. The van der Waals surface area contributed by atoms with Gasteiger partial charge in [0.25, 0.3) is 0 Å². The molecule has 0 N–H and O–H groups in total. The van der Waals surface area contributed by atoms with E-state index in [-0.39, 0.29) is 56.8 Å². The summed E-state index contributed by atoms with van der Waals surface area (Å²) in [6.07, 6.45) is 4.97. The van der Waals surface area contributed by atoms with Crippen molar-refractivity contribution in [3.8, 4) is 0 Å². The summed E-state index contributed by atoms with van der Waals surface area (Å²) in [4.78, 5) is 0. The van der Waals surface area contributed by atoms with Crippen molar-refractivity contribution in [1.29, 1.82) is 0 Å². The van der Waals surface area contributed by atoms with E-state index in [0.717, 1.165) is 0 Å². The third-order valence-corrected chi connectivity index (χ3v) is 5.71. The summed E-state index contributed by atoms with van der Waals surface area (Å²) < 4.78 is 0.